The Kier molecular flexibility index (Phi) is 4.88. The second kappa shape index (κ2) is 6.04. The molecule has 0 radical (unpaired) electrons. The van der Waals surface area contributed by atoms with Crippen molar-refractivity contribution in [3.63, 3.8) is 0 Å². The van der Waals surface area contributed by atoms with Crippen molar-refractivity contribution in [2.45, 2.75) is 46.5 Å². The van der Waals surface area contributed by atoms with Gasteiger partial charge in [0.1, 0.15) is 5.75 Å². The van der Waals surface area contributed by atoms with Crippen molar-refractivity contribution in [2.75, 3.05) is 0 Å². The molecular weight excluding hydrogens is 248 g/mol. The quantitative estimate of drug-likeness (QED) is 0.789. The zero-order valence-corrected chi connectivity index (χ0v) is 13.2. The van der Waals surface area contributed by atoms with E-state index in [4.69, 9.17) is 5.73 Å². The van der Waals surface area contributed by atoms with E-state index >= 15 is 0 Å². The van der Waals surface area contributed by atoms with Gasteiger partial charge in [0.05, 0.1) is 0 Å². The molecule has 3 heteroatoms. The van der Waals surface area contributed by atoms with Crippen molar-refractivity contribution >= 4 is 0 Å². The molecule has 0 spiro atoms. The number of hydrogen-bond donors (Lipinski definition) is 3. The summed E-state index contributed by atoms with van der Waals surface area (Å²) in [5, 5.41) is 13.5. The summed E-state index contributed by atoms with van der Waals surface area (Å²) in [6.45, 7) is 14.0. The molecule has 0 saturated heterocycles. The van der Waals surface area contributed by atoms with Crippen LogP contribution in [0.3, 0.4) is 0 Å². The van der Waals surface area contributed by atoms with Crippen LogP contribution in [0.2, 0.25) is 0 Å². The topological polar surface area (TPSA) is 58.3 Å². The van der Waals surface area contributed by atoms with E-state index in [9.17, 15) is 5.11 Å². The molecule has 0 aromatic heterocycles. The largest absolute Gasteiger partial charge is 0.507 e. The Morgan fingerprint density at radius 2 is 2.00 bits per heavy atom. The van der Waals surface area contributed by atoms with Crippen molar-refractivity contribution in [3.8, 4) is 5.75 Å². The Bertz CT molecular complexity index is 537. The standard InChI is InChI=1S/C17H26N2O/c1-7-19-13(10-18)9-14-11(2)8-15(17(4,5)6)16(20)12(14)3/h7-8,10,19-20H,1,9,18H2,2-6H3/b13-10-. The van der Waals surface area contributed by atoms with Crippen LogP contribution in [-0.2, 0) is 11.8 Å². The number of benzene rings is 1. The van der Waals surface area contributed by atoms with Crippen molar-refractivity contribution in [3.05, 3.63) is 53.0 Å². The van der Waals surface area contributed by atoms with Crippen LogP contribution < -0.4 is 11.1 Å². The van der Waals surface area contributed by atoms with E-state index in [1.807, 2.05) is 6.92 Å². The lowest BCUT2D eigenvalue weighted by molar-refractivity contribution is 0.441. The molecular formula is C17H26N2O. The maximum absolute atomic E-state index is 10.5. The van der Waals surface area contributed by atoms with Crippen molar-refractivity contribution < 1.29 is 5.11 Å². The first-order valence-corrected chi connectivity index (χ1v) is 6.83. The molecule has 1 rings (SSSR count). The molecule has 0 bridgehead atoms. The van der Waals surface area contributed by atoms with Gasteiger partial charge < -0.3 is 16.2 Å². The Morgan fingerprint density at radius 1 is 1.40 bits per heavy atom. The summed E-state index contributed by atoms with van der Waals surface area (Å²) in [4.78, 5) is 0. The molecule has 20 heavy (non-hydrogen) atoms. The van der Waals surface area contributed by atoms with E-state index in [0.29, 0.717) is 12.2 Å². The minimum Gasteiger partial charge on any atom is -0.507 e. The Balaban J connectivity index is 3.31. The third kappa shape index (κ3) is 3.35. The molecule has 0 aliphatic rings. The summed E-state index contributed by atoms with van der Waals surface area (Å²) in [6.07, 6.45) is 3.79. The maximum atomic E-state index is 10.5. The Hall–Kier alpha value is -1.90. The van der Waals surface area contributed by atoms with Crippen LogP contribution >= 0.6 is 0 Å². The van der Waals surface area contributed by atoms with Gasteiger partial charge in [-0.05, 0) is 47.7 Å². The predicted octanol–water partition coefficient (Wildman–Crippen LogP) is 3.38. The SMILES string of the molecule is C=CN/C(=C\N)Cc1c(C)cc(C(C)(C)C)c(O)c1C. The lowest BCUT2D eigenvalue weighted by atomic mass is 9.82. The van der Waals surface area contributed by atoms with Crippen LogP contribution in [0.25, 0.3) is 0 Å². The van der Waals surface area contributed by atoms with Gasteiger partial charge in [0.25, 0.3) is 0 Å². The number of aromatic hydroxyl groups is 1. The highest BCUT2D eigenvalue weighted by molar-refractivity contribution is 5.52. The first-order chi connectivity index (χ1) is 9.22. The van der Waals surface area contributed by atoms with E-state index in [1.165, 1.54) is 6.20 Å². The number of hydrogen-bond acceptors (Lipinski definition) is 3. The minimum absolute atomic E-state index is 0.0793. The van der Waals surface area contributed by atoms with E-state index in [-0.39, 0.29) is 5.41 Å². The molecule has 4 N–H and O–H groups in total. The zero-order valence-electron chi connectivity index (χ0n) is 13.2. The highest BCUT2D eigenvalue weighted by atomic mass is 16.3. The summed E-state index contributed by atoms with van der Waals surface area (Å²) in [6, 6.07) is 2.07. The van der Waals surface area contributed by atoms with Crippen LogP contribution in [-0.4, -0.2) is 5.11 Å². The van der Waals surface area contributed by atoms with Crippen molar-refractivity contribution in [1.29, 1.82) is 0 Å². The van der Waals surface area contributed by atoms with Gasteiger partial charge in [0, 0.05) is 18.3 Å². The number of aryl methyl sites for hydroxylation is 1. The summed E-state index contributed by atoms with van der Waals surface area (Å²) in [5.74, 6) is 0.382. The average molecular weight is 274 g/mol. The third-order valence-electron chi connectivity index (χ3n) is 3.56. The summed E-state index contributed by atoms with van der Waals surface area (Å²) < 4.78 is 0. The Morgan fingerprint density at radius 3 is 2.45 bits per heavy atom. The van der Waals surface area contributed by atoms with E-state index in [2.05, 4.69) is 45.7 Å². The summed E-state index contributed by atoms with van der Waals surface area (Å²) in [5.41, 5.74) is 10.6. The van der Waals surface area contributed by atoms with Crippen molar-refractivity contribution in [1.82, 2.24) is 5.32 Å². The fraction of sp³-hybridized carbons (Fsp3) is 0.412. The normalized spacial score (nSPS) is 12.3. The van der Waals surface area contributed by atoms with Crippen LogP contribution in [0.1, 0.15) is 43.0 Å². The molecule has 0 heterocycles. The molecule has 0 atom stereocenters. The molecule has 0 amide bonds. The molecule has 0 saturated carbocycles. The Labute approximate surface area is 122 Å². The first-order valence-electron chi connectivity index (χ1n) is 6.83. The van der Waals surface area contributed by atoms with Crippen LogP contribution in [0.5, 0.6) is 5.75 Å². The van der Waals surface area contributed by atoms with Crippen LogP contribution in [0, 0.1) is 13.8 Å². The first kappa shape index (κ1) is 16.2. The zero-order chi connectivity index (χ0) is 15.5. The highest BCUT2D eigenvalue weighted by Gasteiger charge is 2.22. The van der Waals surface area contributed by atoms with Gasteiger partial charge in [-0.15, -0.1) is 0 Å². The number of phenolic OH excluding ortho intramolecular Hbond substituents is 1. The van der Waals surface area contributed by atoms with Gasteiger partial charge in [0.2, 0.25) is 0 Å². The second-order valence-electron chi connectivity index (χ2n) is 6.16. The predicted molar refractivity (Wildman–Crippen MR) is 85.6 cm³/mol. The monoisotopic (exact) mass is 274 g/mol. The summed E-state index contributed by atoms with van der Waals surface area (Å²) in [7, 11) is 0. The number of phenols is 1. The van der Waals surface area contributed by atoms with Gasteiger partial charge in [-0.1, -0.05) is 33.4 Å². The van der Waals surface area contributed by atoms with Gasteiger partial charge in [-0.3, -0.25) is 0 Å². The van der Waals surface area contributed by atoms with Gasteiger partial charge >= 0.3 is 0 Å². The van der Waals surface area contributed by atoms with Crippen LogP contribution in [0.15, 0.2) is 30.7 Å². The average Bonchev–Trinajstić information content (AvgIpc) is 2.36. The molecule has 0 fully saturated rings. The molecule has 110 valence electrons. The molecule has 1 aromatic carbocycles. The number of rotatable bonds is 4. The molecule has 0 aliphatic carbocycles. The van der Waals surface area contributed by atoms with E-state index < -0.39 is 0 Å². The summed E-state index contributed by atoms with van der Waals surface area (Å²) >= 11 is 0. The smallest absolute Gasteiger partial charge is 0.122 e. The molecule has 0 unspecified atom stereocenters. The van der Waals surface area contributed by atoms with Gasteiger partial charge in [0.15, 0.2) is 0 Å². The maximum Gasteiger partial charge on any atom is 0.122 e. The van der Waals surface area contributed by atoms with Gasteiger partial charge in [-0.2, -0.15) is 0 Å². The lowest BCUT2D eigenvalue weighted by Gasteiger charge is -2.24. The minimum atomic E-state index is -0.0793. The number of allylic oxidation sites excluding steroid dienone is 1. The molecule has 0 aliphatic heterocycles. The van der Waals surface area contributed by atoms with E-state index in [0.717, 1.165) is 28.0 Å². The fourth-order valence-corrected chi connectivity index (χ4v) is 2.34. The second-order valence-corrected chi connectivity index (χ2v) is 6.16. The van der Waals surface area contributed by atoms with Crippen LogP contribution in [0.4, 0.5) is 0 Å². The molecule has 3 nitrogen and oxygen atoms in total. The van der Waals surface area contributed by atoms with Crippen molar-refractivity contribution in [2.24, 2.45) is 5.73 Å². The fourth-order valence-electron chi connectivity index (χ4n) is 2.34. The van der Waals surface area contributed by atoms with E-state index in [1.54, 1.807) is 6.20 Å². The number of nitrogens with one attached hydrogen (secondary N) is 1. The third-order valence-corrected chi connectivity index (χ3v) is 3.56. The van der Waals surface area contributed by atoms with Gasteiger partial charge in [-0.25, -0.2) is 0 Å². The number of nitrogens with two attached hydrogens (primary N) is 1. The lowest BCUT2D eigenvalue weighted by Crippen LogP contribution is -2.15. The molecule has 1 aromatic rings. The highest BCUT2D eigenvalue weighted by Crippen LogP contribution is 2.36.